The average molecular weight is 187 g/mol. The molecule has 0 aliphatic heterocycles. The van der Waals surface area contributed by atoms with E-state index in [4.69, 9.17) is 9.47 Å². The van der Waals surface area contributed by atoms with Crippen LogP contribution >= 0.6 is 0 Å². The first kappa shape index (κ1) is 12.3. The number of carbonyl (C=O) groups excluding carboxylic acids is 1. The maximum atomic E-state index is 9.83. The van der Waals surface area contributed by atoms with Gasteiger partial charge >= 0.3 is 0 Å². The normalized spacial score (nSPS) is 11.0. The fraction of sp³-hybridized carbons (Fsp3) is 0.889. The van der Waals surface area contributed by atoms with Crippen molar-refractivity contribution < 1.29 is 14.3 Å². The van der Waals surface area contributed by atoms with Gasteiger partial charge in [0.1, 0.15) is 0 Å². The Labute approximate surface area is 78.9 Å². The van der Waals surface area contributed by atoms with Crippen LogP contribution in [-0.4, -0.2) is 31.6 Å². The third kappa shape index (κ3) is 5.53. The lowest BCUT2D eigenvalue weighted by Crippen LogP contribution is -2.33. The molecule has 0 heterocycles. The molecule has 0 unspecified atom stereocenters. The Bertz CT molecular complexity index is 170. The lowest BCUT2D eigenvalue weighted by Gasteiger charge is -2.28. The van der Waals surface area contributed by atoms with E-state index in [1.165, 1.54) is 6.08 Å². The molecule has 76 valence electrons. The van der Waals surface area contributed by atoms with Gasteiger partial charge in [0.2, 0.25) is 6.08 Å². The molecular weight excluding hydrogens is 170 g/mol. The molecule has 0 bridgehead atoms. The summed E-state index contributed by atoms with van der Waals surface area (Å²) in [6.07, 6.45) is 2.06. The number of ether oxygens (including phenoxy) is 2. The minimum absolute atomic E-state index is 0.389. The molecule has 0 fully saturated rings. The Morgan fingerprint density at radius 2 is 1.85 bits per heavy atom. The summed E-state index contributed by atoms with van der Waals surface area (Å²) in [6.45, 7) is 7.21. The van der Waals surface area contributed by atoms with Crippen molar-refractivity contribution in [2.24, 2.45) is 4.99 Å². The van der Waals surface area contributed by atoms with E-state index in [1.54, 1.807) is 0 Å². The number of rotatable bonds is 7. The highest BCUT2D eigenvalue weighted by atomic mass is 16.7. The summed E-state index contributed by atoms with van der Waals surface area (Å²) in [6, 6.07) is 0. The minimum atomic E-state index is -0.621. The first-order valence-corrected chi connectivity index (χ1v) is 4.50. The molecule has 13 heavy (non-hydrogen) atoms. The second kappa shape index (κ2) is 6.78. The van der Waals surface area contributed by atoms with Crippen LogP contribution in [-0.2, 0) is 14.3 Å². The molecule has 0 atom stereocenters. The van der Waals surface area contributed by atoms with Gasteiger partial charge in [-0.3, -0.25) is 0 Å². The monoisotopic (exact) mass is 187 g/mol. The van der Waals surface area contributed by atoms with Crippen molar-refractivity contribution >= 4 is 6.08 Å². The van der Waals surface area contributed by atoms with Gasteiger partial charge in [-0.2, -0.15) is 0 Å². The predicted molar refractivity (Wildman–Crippen MR) is 49.3 cm³/mol. The Kier molecular flexibility index (Phi) is 6.41. The molecule has 0 aliphatic carbocycles. The van der Waals surface area contributed by atoms with Gasteiger partial charge in [-0.05, 0) is 20.8 Å². The fourth-order valence-corrected chi connectivity index (χ4v) is 1.10. The second-order valence-electron chi connectivity index (χ2n) is 2.72. The highest BCUT2D eigenvalue weighted by molar-refractivity contribution is 5.32. The van der Waals surface area contributed by atoms with Gasteiger partial charge in [0.15, 0.2) is 5.79 Å². The van der Waals surface area contributed by atoms with Crippen molar-refractivity contribution in [3.63, 3.8) is 0 Å². The molecule has 0 N–H and O–H groups in total. The zero-order valence-corrected chi connectivity index (χ0v) is 8.50. The molecule has 0 aromatic rings. The van der Waals surface area contributed by atoms with Crippen LogP contribution in [0.25, 0.3) is 0 Å². The van der Waals surface area contributed by atoms with Crippen molar-refractivity contribution in [1.82, 2.24) is 0 Å². The third-order valence-electron chi connectivity index (χ3n) is 1.64. The summed E-state index contributed by atoms with van der Waals surface area (Å²) in [5.74, 6) is -0.621. The highest BCUT2D eigenvalue weighted by Gasteiger charge is 2.23. The first-order valence-electron chi connectivity index (χ1n) is 4.50. The van der Waals surface area contributed by atoms with Crippen LogP contribution in [0.4, 0.5) is 0 Å². The zero-order valence-electron chi connectivity index (χ0n) is 8.50. The van der Waals surface area contributed by atoms with Gasteiger partial charge in [0, 0.05) is 19.6 Å². The van der Waals surface area contributed by atoms with Crippen molar-refractivity contribution in [2.75, 3.05) is 19.8 Å². The molecule has 0 saturated carbocycles. The first-order chi connectivity index (χ1) is 6.18. The quantitative estimate of drug-likeness (QED) is 0.345. The Hall–Kier alpha value is -0.700. The van der Waals surface area contributed by atoms with E-state index < -0.39 is 5.79 Å². The highest BCUT2D eigenvalue weighted by Crippen LogP contribution is 2.16. The molecule has 0 aliphatic rings. The molecule has 0 saturated heterocycles. The van der Waals surface area contributed by atoms with Gasteiger partial charge < -0.3 is 9.47 Å². The van der Waals surface area contributed by atoms with E-state index >= 15 is 0 Å². The maximum absolute atomic E-state index is 9.83. The summed E-state index contributed by atoms with van der Waals surface area (Å²) in [5, 5.41) is 0. The molecule has 0 aromatic heterocycles. The van der Waals surface area contributed by atoms with Crippen molar-refractivity contribution in [3.05, 3.63) is 0 Å². The second-order valence-corrected chi connectivity index (χ2v) is 2.72. The number of hydrogen-bond acceptors (Lipinski definition) is 4. The van der Waals surface area contributed by atoms with Crippen LogP contribution < -0.4 is 0 Å². The number of isocyanates is 1. The maximum Gasteiger partial charge on any atom is 0.234 e. The lowest BCUT2D eigenvalue weighted by molar-refractivity contribution is -0.222. The molecular formula is C9H17NO3. The zero-order chi connectivity index (χ0) is 10.2. The average Bonchev–Trinajstić information content (AvgIpc) is 2.05. The molecule has 0 radical (unpaired) electrons. The molecule has 0 rings (SSSR count). The van der Waals surface area contributed by atoms with Gasteiger partial charge in [-0.1, -0.05) is 0 Å². The summed E-state index contributed by atoms with van der Waals surface area (Å²) >= 11 is 0. The van der Waals surface area contributed by atoms with Crippen LogP contribution in [0.2, 0.25) is 0 Å². The molecule has 0 spiro atoms. The van der Waals surface area contributed by atoms with Gasteiger partial charge in [0.05, 0.1) is 6.54 Å². The van der Waals surface area contributed by atoms with Crippen LogP contribution in [0.5, 0.6) is 0 Å². The summed E-state index contributed by atoms with van der Waals surface area (Å²) in [4.78, 5) is 13.3. The van der Waals surface area contributed by atoms with Crippen molar-refractivity contribution in [3.8, 4) is 0 Å². The van der Waals surface area contributed by atoms with E-state index in [0.29, 0.717) is 26.2 Å². The van der Waals surface area contributed by atoms with Crippen LogP contribution in [0.1, 0.15) is 27.2 Å². The van der Waals surface area contributed by atoms with Crippen molar-refractivity contribution in [2.45, 2.75) is 33.0 Å². The molecule has 0 amide bonds. The molecule has 4 heteroatoms. The Balaban J connectivity index is 3.97. The number of hydrogen-bond donors (Lipinski definition) is 0. The van der Waals surface area contributed by atoms with Crippen LogP contribution in [0.3, 0.4) is 0 Å². The topological polar surface area (TPSA) is 47.9 Å². The van der Waals surface area contributed by atoms with Gasteiger partial charge in [-0.15, -0.1) is 0 Å². The number of aliphatic imine (C=N–C) groups is 1. The molecule has 0 aromatic carbocycles. The smallest absolute Gasteiger partial charge is 0.234 e. The third-order valence-corrected chi connectivity index (χ3v) is 1.64. The Morgan fingerprint density at radius 3 is 2.23 bits per heavy atom. The van der Waals surface area contributed by atoms with E-state index in [2.05, 4.69) is 4.99 Å². The Morgan fingerprint density at radius 1 is 1.31 bits per heavy atom. The van der Waals surface area contributed by atoms with Crippen LogP contribution in [0.15, 0.2) is 4.99 Å². The van der Waals surface area contributed by atoms with Gasteiger partial charge in [-0.25, -0.2) is 9.79 Å². The SMILES string of the molecule is CCOC(C)(CCN=C=O)OCC. The molecule has 4 nitrogen and oxygen atoms in total. The minimum Gasteiger partial charge on any atom is -0.350 e. The summed E-state index contributed by atoms with van der Waals surface area (Å²) in [7, 11) is 0. The number of nitrogens with zero attached hydrogens (tertiary/aromatic N) is 1. The van der Waals surface area contributed by atoms with E-state index in [0.717, 1.165) is 0 Å². The van der Waals surface area contributed by atoms with Crippen molar-refractivity contribution in [1.29, 1.82) is 0 Å². The van der Waals surface area contributed by atoms with Gasteiger partial charge in [0.25, 0.3) is 0 Å². The van der Waals surface area contributed by atoms with E-state index in [-0.39, 0.29) is 0 Å². The largest absolute Gasteiger partial charge is 0.350 e. The van der Waals surface area contributed by atoms with Crippen LogP contribution in [0, 0.1) is 0 Å². The predicted octanol–water partition coefficient (Wildman–Crippen LogP) is 1.50. The standard InChI is InChI=1S/C9H17NO3/c1-4-12-9(3,13-5-2)6-7-10-8-11/h4-7H2,1-3H3. The summed E-state index contributed by atoms with van der Waals surface area (Å²) < 4.78 is 10.8. The summed E-state index contributed by atoms with van der Waals surface area (Å²) in [5.41, 5.74) is 0. The van der Waals surface area contributed by atoms with E-state index in [1.807, 2.05) is 20.8 Å². The van der Waals surface area contributed by atoms with E-state index in [9.17, 15) is 4.79 Å². The lowest BCUT2D eigenvalue weighted by atomic mass is 10.2. The fourth-order valence-electron chi connectivity index (χ4n) is 1.10.